The van der Waals surface area contributed by atoms with Gasteiger partial charge in [0.25, 0.3) is 5.69 Å². The fourth-order valence-electron chi connectivity index (χ4n) is 1.86. The molecule has 0 N–H and O–H groups in total. The third-order valence-electron chi connectivity index (χ3n) is 3.11. The van der Waals surface area contributed by atoms with Crippen LogP contribution in [0.4, 0.5) is 5.69 Å². The van der Waals surface area contributed by atoms with Crippen molar-refractivity contribution in [3.05, 3.63) is 75.8 Å². The number of hydrogen-bond acceptors (Lipinski definition) is 4. The molecule has 0 aliphatic rings. The lowest BCUT2D eigenvalue weighted by Crippen LogP contribution is -2.04. The van der Waals surface area contributed by atoms with E-state index < -0.39 is 10.9 Å². The maximum Gasteiger partial charge on any atom is 0.336 e. The maximum atomic E-state index is 11.8. The molecule has 22 heavy (non-hydrogen) atoms. The minimum absolute atomic E-state index is 0.0128. The van der Waals surface area contributed by atoms with Crippen molar-refractivity contribution >= 4 is 17.2 Å². The summed E-state index contributed by atoms with van der Waals surface area (Å²) < 4.78 is 5.20. The van der Waals surface area contributed by atoms with Crippen molar-refractivity contribution in [3.8, 4) is 5.75 Å². The van der Waals surface area contributed by atoms with Crippen LogP contribution in [-0.2, 0) is 4.79 Å². The average molecular weight is 297 g/mol. The SMILES string of the molecule is CC(=CC(=O)Oc1ccc(C)cc1)c1ccc([N+](=O)[O-])cc1. The molecule has 5 heteroatoms. The van der Waals surface area contributed by atoms with E-state index in [9.17, 15) is 14.9 Å². The molecule has 0 bridgehead atoms. The number of nitro groups is 1. The van der Waals surface area contributed by atoms with E-state index >= 15 is 0 Å². The molecule has 0 spiro atoms. The van der Waals surface area contributed by atoms with Gasteiger partial charge in [0.15, 0.2) is 0 Å². The van der Waals surface area contributed by atoms with Gasteiger partial charge in [0, 0.05) is 18.2 Å². The van der Waals surface area contributed by atoms with Crippen LogP contribution in [0.25, 0.3) is 5.57 Å². The Morgan fingerprint density at radius 1 is 1.09 bits per heavy atom. The van der Waals surface area contributed by atoms with E-state index in [1.54, 1.807) is 31.2 Å². The Labute approximate surface area is 128 Å². The summed E-state index contributed by atoms with van der Waals surface area (Å²) in [6, 6.07) is 13.2. The molecule has 0 unspecified atom stereocenters. The van der Waals surface area contributed by atoms with Crippen molar-refractivity contribution < 1.29 is 14.5 Å². The molecule has 0 aromatic heterocycles. The summed E-state index contributed by atoms with van der Waals surface area (Å²) in [5.41, 5.74) is 2.50. The van der Waals surface area contributed by atoms with Gasteiger partial charge in [-0.1, -0.05) is 17.7 Å². The molecule has 0 aliphatic heterocycles. The maximum absolute atomic E-state index is 11.8. The fraction of sp³-hybridized carbons (Fsp3) is 0.118. The van der Waals surface area contributed by atoms with Gasteiger partial charge in [0.2, 0.25) is 0 Å². The number of aryl methyl sites for hydroxylation is 1. The van der Waals surface area contributed by atoms with Crippen molar-refractivity contribution in [2.75, 3.05) is 0 Å². The molecule has 0 heterocycles. The molecule has 0 atom stereocenters. The number of benzene rings is 2. The highest BCUT2D eigenvalue weighted by atomic mass is 16.6. The van der Waals surface area contributed by atoms with Crippen LogP contribution in [0.15, 0.2) is 54.6 Å². The Morgan fingerprint density at radius 2 is 1.68 bits per heavy atom. The van der Waals surface area contributed by atoms with E-state index in [1.807, 2.05) is 19.1 Å². The number of nitrogens with zero attached hydrogens (tertiary/aromatic N) is 1. The Morgan fingerprint density at radius 3 is 2.23 bits per heavy atom. The average Bonchev–Trinajstić information content (AvgIpc) is 2.49. The van der Waals surface area contributed by atoms with Crippen LogP contribution in [0.1, 0.15) is 18.1 Å². The summed E-state index contributed by atoms with van der Waals surface area (Å²) in [6.45, 7) is 3.70. The summed E-state index contributed by atoms with van der Waals surface area (Å²) in [7, 11) is 0. The Kier molecular flexibility index (Phi) is 4.68. The summed E-state index contributed by atoms with van der Waals surface area (Å²) in [5.74, 6) is -0.0111. The van der Waals surface area contributed by atoms with E-state index in [1.165, 1.54) is 18.2 Å². The third-order valence-corrected chi connectivity index (χ3v) is 3.11. The fourth-order valence-corrected chi connectivity index (χ4v) is 1.86. The molecule has 0 fully saturated rings. The topological polar surface area (TPSA) is 69.4 Å². The zero-order valence-corrected chi connectivity index (χ0v) is 12.3. The van der Waals surface area contributed by atoms with Gasteiger partial charge in [0.1, 0.15) is 5.75 Å². The lowest BCUT2D eigenvalue weighted by atomic mass is 10.1. The van der Waals surface area contributed by atoms with E-state index in [-0.39, 0.29) is 5.69 Å². The number of ether oxygens (including phenoxy) is 1. The van der Waals surface area contributed by atoms with Crippen LogP contribution in [0.2, 0.25) is 0 Å². The number of hydrogen-bond donors (Lipinski definition) is 0. The normalized spacial score (nSPS) is 11.1. The second-order valence-electron chi connectivity index (χ2n) is 4.87. The zero-order valence-electron chi connectivity index (χ0n) is 12.3. The van der Waals surface area contributed by atoms with Gasteiger partial charge in [-0.15, -0.1) is 0 Å². The van der Waals surface area contributed by atoms with Crippen LogP contribution in [0, 0.1) is 17.0 Å². The molecule has 0 saturated carbocycles. The van der Waals surface area contributed by atoms with Crippen molar-refractivity contribution in [2.24, 2.45) is 0 Å². The lowest BCUT2D eigenvalue weighted by Gasteiger charge is -2.04. The molecule has 112 valence electrons. The van der Waals surface area contributed by atoms with Crippen LogP contribution in [-0.4, -0.2) is 10.9 Å². The van der Waals surface area contributed by atoms with Crippen LogP contribution < -0.4 is 4.74 Å². The quantitative estimate of drug-likeness (QED) is 0.282. The van der Waals surface area contributed by atoms with Gasteiger partial charge in [-0.05, 0) is 49.2 Å². The summed E-state index contributed by atoms with van der Waals surface area (Å²) in [4.78, 5) is 22.0. The molecular formula is C17H15NO4. The highest BCUT2D eigenvalue weighted by Gasteiger charge is 2.07. The predicted octanol–water partition coefficient (Wildman–Crippen LogP) is 3.91. The van der Waals surface area contributed by atoms with Crippen molar-refractivity contribution in [1.29, 1.82) is 0 Å². The minimum Gasteiger partial charge on any atom is -0.423 e. The smallest absolute Gasteiger partial charge is 0.336 e. The van der Waals surface area contributed by atoms with Gasteiger partial charge in [-0.25, -0.2) is 4.79 Å². The number of non-ortho nitro benzene ring substituents is 1. The van der Waals surface area contributed by atoms with Crippen molar-refractivity contribution in [1.82, 2.24) is 0 Å². The zero-order chi connectivity index (χ0) is 16.1. The molecule has 5 nitrogen and oxygen atoms in total. The predicted molar refractivity (Wildman–Crippen MR) is 83.6 cm³/mol. The van der Waals surface area contributed by atoms with Crippen LogP contribution in [0.5, 0.6) is 5.75 Å². The first-order valence-electron chi connectivity index (χ1n) is 6.67. The second-order valence-corrected chi connectivity index (χ2v) is 4.87. The monoisotopic (exact) mass is 297 g/mol. The molecule has 0 radical (unpaired) electrons. The van der Waals surface area contributed by atoms with Gasteiger partial charge in [-0.3, -0.25) is 10.1 Å². The van der Waals surface area contributed by atoms with E-state index in [0.717, 1.165) is 11.1 Å². The van der Waals surface area contributed by atoms with E-state index in [4.69, 9.17) is 4.74 Å². The number of nitro benzene ring substituents is 1. The van der Waals surface area contributed by atoms with Gasteiger partial charge in [0.05, 0.1) is 4.92 Å². The number of carbonyl (C=O) groups is 1. The highest BCUT2D eigenvalue weighted by molar-refractivity contribution is 5.92. The second kappa shape index (κ2) is 6.67. The largest absolute Gasteiger partial charge is 0.423 e. The van der Waals surface area contributed by atoms with Gasteiger partial charge >= 0.3 is 5.97 Å². The summed E-state index contributed by atoms with van der Waals surface area (Å²) in [6.07, 6.45) is 1.36. The summed E-state index contributed by atoms with van der Waals surface area (Å²) in [5, 5.41) is 10.6. The standard InChI is InChI=1S/C17H15NO4/c1-12-3-9-16(10-4-12)22-17(19)11-13(2)14-5-7-15(8-6-14)18(20)21/h3-11H,1-2H3. The molecular weight excluding hydrogens is 282 g/mol. The Hall–Kier alpha value is -2.95. The first kappa shape index (κ1) is 15.4. The highest BCUT2D eigenvalue weighted by Crippen LogP contribution is 2.19. The molecule has 0 amide bonds. The number of allylic oxidation sites excluding steroid dienone is 1. The molecule has 2 aromatic rings. The van der Waals surface area contributed by atoms with Crippen LogP contribution >= 0.6 is 0 Å². The number of carbonyl (C=O) groups excluding carboxylic acids is 1. The van der Waals surface area contributed by atoms with Crippen molar-refractivity contribution in [3.63, 3.8) is 0 Å². The molecule has 0 aliphatic carbocycles. The van der Waals surface area contributed by atoms with Crippen molar-refractivity contribution in [2.45, 2.75) is 13.8 Å². The minimum atomic E-state index is -0.486. The lowest BCUT2D eigenvalue weighted by molar-refractivity contribution is -0.384. The van der Waals surface area contributed by atoms with Gasteiger partial charge < -0.3 is 4.74 Å². The van der Waals surface area contributed by atoms with Gasteiger partial charge in [-0.2, -0.15) is 0 Å². The Bertz CT molecular complexity index is 715. The first-order chi connectivity index (χ1) is 10.5. The van der Waals surface area contributed by atoms with E-state index in [2.05, 4.69) is 0 Å². The number of esters is 1. The Balaban J connectivity index is 2.08. The first-order valence-corrected chi connectivity index (χ1v) is 6.67. The summed E-state index contributed by atoms with van der Waals surface area (Å²) >= 11 is 0. The number of rotatable bonds is 4. The molecule has 0 saturated heterocycles. The van der Waals surface area contributed by atoms with E-state index in [0.29, 0.717) is 11.3 Å². The molecule has 2 aromatic carbocycles. The third kappa shape index (κ3) is 4.02. The molecule has 2 rings (SSSR count). The van der Waals surface area contributed by atoms with Crippen LogP contribution in [0.3, 0.4) is 0 Å².